The van der Waals surface area contributed by atoms with Crippen LogP contribution in [-0.4, -0.2) is 40.6 Å². The van der Waals surface area contributed by atoms with E-state index in [0.717, 1.165) is 27.8 Å². The Morgan fingerprint density at radius 1 is 0.971 bits per heavy atom. The van der Waals surface area contributed by atoms with Crippen LogP contribution in [0.3, 0.4) is 0 Å². The van der Waals surface area contributed by atoms with Gasteiger partial charge in [0.05, 0.1) is 31.9 Å². The van der Waals surface area contributed by atoms with E-state index >= 15 is 0 Å². The summed E-state index contributed by atoms with van der Waals surface area (Å²) in [5.41, 5.74) is 4.51. The molecule has 0 unspecified atom stereocenters. The number of benzene rings is 2. The molecule has 3 aromatic rings. The van der Waals surface area contributed by atoms with Crippen molar-refractivity contribution in [3.8, 4) is 5.75 Å². The van der Waals surface area contributed by atoms with E-state index in [1.165, 1.54) is 5.69 Å². The van der Waals surface area contributed by atoms with E-state index < -0.39 is 7.60 Å². The van der Waals surface area contributed by atoms with E-state index in [2.05, 4.69) is 70.3 Å². The van der Waals surface area contributed by atoms with E-state index in [-0.39, 0.29) is 17.0 Å². The number of ether oxygens (including phenoxy) is 1. The highest BCUT2D eigenvalue weighted by molar-refractivity contribution is 7.53. The van der Waals surface area contributed by atoms with Crippen molar-refractivity contribution in [3.05, 3.63) is 65.9 Å². The van der Waals surface area contributed by atoms with Crippen molar-refractivity contribution in [1.82, 2.24) is 0 Å². The lowest BCUT2D eigenvalue weighted by atomic mass is 10.1. The molecule has 1 heterocycles. The Morgan fingerprint density at radius 3 is 2.26 bits per heavy atom. The molecule has 35 heavy (non-hydrogen) atoms. The van der Waals surface area contributed by atoms with E-state index in [4.69, 9.17) is 13.8 Å². The van der Waals surface area contributed by atoms with Gasteiger partial charge >= 0.3 is 7.60 Å². The van der Waals surface area contributed by atoms with Crippen molar-refractivity contribution >= 4 is 36.3 Å². The molecular formula is C27H36BrN2O4P. The molecule has 2 aromatic carbocycles. The number of anilines is 1. The molecule has 0 N–H and O–H groups in total. The van der Waals surface area contributed by atoms with Crippen molar-refractivity contribution < 1.29 is 39.9 Å². The van der Waals surface area contributed by atoms with E-state index in [1.54, 1.807) is 7.11 Å². The zero-order valence-corrected chi connectivity index (χ0v) is 23.7. The molecule has 0 atom stereocenters. The minimum atomic E-state index is -3.04. The molecule has 0 amide bonds. The maximum atomic E-state index is 12.8. The smallest absolute Gasteiger partial charge is 0.330 e. The number of halogens is 1. The standard InChI is InChI=1S/C27H36N2O4P.BrH/c1-6-32-34(30,33-7-2)20-8-18-29-19-17-23(26-21-25(31-5)15-16-27(26)29)12-9-22-10-13-24(14-11-22)28(3)4;/h9-17,19,21H,6-8,18,20H2,1-5H3;1H/q+1;/p-1. The number of hydrogen-bond donors (Lipinski definition) is 0. The van der Waals surface area contributed by atoms with Crippen LogP contribution in [0.15, 0.2) is 54.7 Å². The third-order valence-corrected chi connectivity index (χ3v) is 7.77. The Bertz CT molecular complexity index is 1160. The van der Waals surface area contributed by atoms with Crippen molar-refractivity contribution in [3.63, 3.8) is 0 Å². The number of hydrogen-bond acceptors (Lipinski definition) is 5. The molecule has 3 rings (SSSR count). The minimum Gasteiger partial charge on any atom is -1.00 e. The molecule has 0 aliphatic heterocycles. The zero-order valence-electron chi connectivity index (χ0n) is 21.2. The molecule has 0 saturated carbocycles. The number of aryl methyl sites for hydroxylation is 1. The van der Waals surface area contributed by atoms with Gasteiger partial charge in [0, 0.05) is 38.3 Å². The Hall–Kier alpha value is -2.18. The largest absolute Gasteiger partial charge is 1.00 e. The van der Waals surface area contributed by atoms with Gasteiger partial charge in [-0.1, -0.05) is 24.3 Å². The highest BCUT2D eigenvalue weighted by Gasteiger charge is 2.24. The number of aromatic nitrogens is 1. The van der Waals surface area contributed by atoms with Crippen LogP contribution in [0, 0.1) is 0 Å². The minimum absolute atomic E-state index is 0. The Kier molecular flexibility index (Phi) is 11.4. The van der Waals surface area contributed by atoms with Gasteiger partial charge in [0.2, 0.25) is 5.52 Å². The lowest BCUT2D eigenvalue weighted by Crippen LogP contribution is -3.00. The summed E-state index contributed by atoms with van der Waals surface area (Å²) < 4.78 is 31.3. The van der Waals surface area contributed by atoms with Gasteiger partial charge in [0.1, 0.15) is 12.3 Å². The third-order valence-electron chi connectivity index (χ3n) is 5.61. The van der Waals surface area contributed by atoms with Crippen LogP contribution in [0.25, 0.3) is 23.1 Å². The van der Waals surface area contributed by atoms with Crippen molar-refractivity contribution in [1.29, 1.82) is 0 Å². The van der Waals surface area contributed by atoms with Crippen molar-refractivity contribution in [2.75, 3.05) is 45.5 Å². The third kappa shape index (κ3) is 7.91. The second-order valence-corrected chi connectivity index (χ2v) is 10.4. The monoisotopic (exact) mass is 562 g/mol. The predicted molar refractivity (Wildman–Crippen MR) is 141 cm³/mol. The first kappa shape index (κ1) is 29.1. The first-order chi connectivity index (χ1) is 16.4. The maximum absolute atomic E-state index is 12.8. The molecule has 0 aliphatic carbocycles. The summed E-state index contributed by atoms with van der Waals surface area (Å²) in [6, 6.07) is 16.7. The van der Waals surface area contributed by atoms with Gasteiger partial charge in [-0.15, -0.1) is 0 Å². The summed E-state index contributed by atoms with van der Waals surface area (Å²) in [7, 11) is 2.71. The van der Waals surface area contributed by atoms with Crippen LogP contribution in [0.4, 0.5) is 5.69 Å². The van der Waals surface area contributed by atoms with Crippen LogP contribution >= 0.6 is 7.60 Å². The SMILES string of the molecule is CCOP(=O)(CCC[n+]1ccc(/C=C/c2ccc(N(C)C)cc2)c2cc(OC)ccc21)OCC.[Br-]. The predicted octanol–water partition coefficient (Wildman–Crippen LogP) is 3.03. The number of nitrogens with zero attached hydrogens (tertiary/aromatic N) is 2. The van der Waals surface area contributed by atoms with Gasteiger partial charge in [-0.2, -0.15) is 4.57 Å². The lowest BCUT2D eigenvalue weighted by molar-refractivity contribution is -0.671. The first-order valence-electron chi connectivity index (χ1n) is 11.7. The van der Waals surface area contributed by atoms with Gasteiger partial charge in [0.25, 0.3) is 0 Å². The molecule has 0 spiro atoms. The summed E-state index contributed by atoms with van der Waals surface area (Å²) in [5, 5.41) is 1.10. The van der Waals surface area contributed by atoms with Crippen molar-refractivity contribution in [2.45, 2.75) is 26.8 Å². The molecule has 0 radical (unpaired) electrons. The number of rotatable bonds is 12. The summed E-state index contributed by atoms with van der Waals surface area (Å²) in [4.78, 5) is 2.09. The highest BCUT2D eigenvalue weighted by Crippen LogP contribution is 2.48. The zero-order chi connectivity index (χ0) is 24.6. The first-order valence-corrected chi connectivity index (χ1v) is 13.5. The van der Waals surface area contributed by atoms with Gasteiger partial charge in [0.15, 0.2) is 6.20 Å². The number of fused-ring (bicyclic) bond motifs is 1. The van der Waals surface area contributed by atoms with Crippen LogP contribution in [0.5, 0.6) is 5.75 Å². The van der Waals surface area contributed by atoms with Crippen LogP contribution < -0.4 is 31.2 Å². The average molecular weight is 563 g/mol. The average Bonchev–Trinajstić information content (AvgIpc) is 2.83. The topological polar surface area (TPSA) is 51.9 Å². The molecule has 0 bridgehead atoms. The summed E-state index contributed by atoms with van der Waals surface area (Å²) in [6.07, 6.45) is 7.42. The quantitative estimate of drug-likeness (QED) is 0.251. The second kappa shape index (κ2) is 13.8. The summed E-state index contributed by atoms with van der Waals surface area (Å²) in [5.74, 6) is 0.812. The molecule has 1 aromatic heterocycles. The van der Waals surface area contributed by atoms with Gasteiger partial charge in [-0.05, 0) is 49.2 Å². The summed E-state index contributed by atoms with van der Waals surface area (Å²) in [6.45, 7) is 5.15. The van der Waals surface area contributed by atoms with Crippen LogP contribution in [0.1, 0.15) is 31.4 Å². The van der Waals surface area contributed by atoms with Gasteiger partial charge < -0.3 is 35.7 Å². The fourth-order valence-electron chi connectivity index (χ4n) is 3.87. The lowest BCUT2D eigenvalue weighted by Gasteiger charge is -2.16. The molecule has 0 saturated heterocycles. The molecule has 0 aliphatic rings. The molecular weight excluding hydrogens is 527 g/mol. The van der Waals surface area contributed by atoms with E-state index in [9.17, 15) is 4.57 Å². The van der Waals surface area contributed by atoms with E-state index in [1.807, 2.05) is 34.0 Å². The molecule has 0 fully saturated rings. The Labute approximate surface area is 219 Å². The van der Waals surface area contributed by atoms with E-state index in [0.29, 0.717) is 32.3 Å². The Balaban J connectivity index is 0.00000432. The Morgan fingerprint density at radius 2 is 1.66 bits per heavy atom. The van der Waals surface area contributed by atoms with Crippen molar-refractivity contribution in [2.24, 2.45) is 0 Å². The maximum Gasteiger partial charge on any atom is 0.330 e. The molecule has 190 valence electrons. The fourth-order valence-corrected chi connectivity index (χ4v) is 5.52. The van der Waals surface area contributed by atoms with Gasteiger partial charge in [-0.3, -0.25) is 4.57 Å². The van der Waals surface area contributed by atoms with Gasteiger partial charge in [-0.25, -0.2) is 0 Å². The molecule has 6 nitrogen and oxygen atoms in total. The second-order valence-electron chi connectivity index (χ2n) is 8.19. The fraction of sp³-hybridized carbons (Fsp3) is 0.370. The molecule has 8 heteroatoms. The summed E-state index contributed by atoms with van der Waals surface area (Å²) >= 11 is 0. The number of pyridine rings is 1. The number of methoxy groups -OCH3 is 1. The highest BCUT2D eigenvalue weighted by atomic mass is 79.9. The normalized spacial score (nSPS) is 11.6. The van der Waals surface area contributed by atoms with Crippen LogP contribution in [-0.2, 0) is 20.2 Å². The van der Waals surface area contributed by atoms with Crippen LogP contribution in [0.2, 0.25) is 0 Å².